The van der Waals surface area contributed by atoms with E-state index in [0.717, 1.165) is 12.8 Å². The van der Waals surface area contributed by atoms with Gasteiger partial charge in [0.1, 0.15) is 0 Å². The van der Waals surface area contributed by atoms with Crippen molar-refractivity contribution < 1.29 is 4.79 Å². The maximum atomic E-state index is 11.6. The topological polar surface area (TPSA) is 41.1 Å². The van der Waals surface area contributed by atoms with Gasteiger partial charge < -0.3 is 10.6 Å². The molecule has 0 spiro atoms. The van der Waals surface area contributed by atoms with Gasteiger partial charge in [-0.15, -0.1) is 0 Å². The molecule has 2 atom stereocenters. The minimum Gasteiger partial charge on any atom is -0.355 e. The third-order valence-corrected chi connectivity index (χ3v) is 2.99. The van der Waals surface area contributed by atoms with Crippen molar-refractivity contribution in [1.29, 1.82) is 0 Å². The van der Waals surface area contributed by atoms with Crippen LogP contribution < -0.4 is 10.6 Å². The number of benzene rings is 1. The number of hydrogen-bond acceptors (Lipinski definition) is 2. The van der Waals surface area contributed by atoms with Crippen LogP contribution in [0.1, 0.15) is 32.8 Å². The normalized spacial score (nSPS) is 13.9. The van der Waals surface area contributed by atoms with E-state index in [2.05, 4.69) is 41.8 Å². The molecule has 3 nitrogen and oxygen atoms in total. The fourth-order valence-electron chi connectivity index (χ4n) is 1.94. The van der Waals surface area contributed by atoms with E-state index in [0.29, 0.717) is 12.6 Å². The van der Waals surface area contributed by atoms with E-state index in [1.165, 1.54) is 5.56 Å². The van der Waals surface area contributed by atoms with Crippen LogP contribution >= 0.6 is 0 Å². The zero-order valence-corrected chi connectivity index (χ0v) is 11.6. The van der Waals surface area contributed by atoms with Crippen molar-refractivity contribution in [3.05, 3.63) is 35.9 Å². The van der Waals surface area contributed by atoms with Crippen LogP contribution in [0.4, 0.5) is 0 Å². The summed E-state index contributed by atoms with van der Waals surface area (Å²) in [6.45, 7) is 6.65. The van der Waals surface area contributed by atoms with Crippen molar-refractivity contribution in [1.82, 2.24) is 10.6 Å². The van der Waals surface area contributed by atoms with Crippen LogP contribution in [0.15, 0.2) is 30.3 Å². The third kappa shape index (κ3) is 5.32. The van der Waals surface area contributed by atoms with Crippen LogP contribution in [0.3, 0.4) is 0 Å². The van der Waals surface area contributed by atoms with E-state index in [-0.39, 0.29) is 11.9 Å². The highest BCUT2D eigenvalue weighted by molar-refractivity contribution is 5.81. The molecule has 100 valence electrons. The van der Waals surface area contributed by atoms with Crippen LogP contribution in [-0.2, 0) is 11.2 Å². The Bertz CT molecular complexity index is 351. The van der Waals surface area contributed by atoms with E-state index in [9.17, 15) is 4.79 Å². The molecule has 1 aromatic rings. The van der Waals surface area contributed by atoms with Crippen LogP contribution in [0, 0.1) is 0 Å². The van der Waals surface area contributed by atoms with Crippen molar-refractivity contribution in [2.24, 2.45) is 0 Å². The molecule has 1 amide bonds. The van der Waals surface area contributed by atoms with Gasteiger partial charge in [-0.3, -0.25) is 4.79 Å². The summed E-state index contributed by atoms with van der Waals surface area (Å²) < 4.78 is 0. The summed E-state index contributed by atoms with van der Waals surface area (Å²) >= 11 is 0. The first kappa shape index (κ1) is 14.7. The summed E-state index contributed by atoms with van der Waals surface area (Å²) in [4.78, 5) is 11.6. The highest BCUT2D eigenvalue weighted by Gasteiger charge is 2.13. The Morgan fingerprint density at radius 1 is 1.22 bits per heavy atom. The highest BCUT2D eigenvalue weighted by Crippen LogP contribution is 2.05. The van der Waals surface area contributed by atoms with Gasteiger partial charge in [-0.05, 0) is 39.2 Å². The van der Waals surface area contributed by atoms with Gasteiger partial charge in [-0.1, -0.05) is 30.3 Å². The Hall–Kier alpha value is -1.35. The summed E-state index contributed by atoms with van der Waals surface area (Å²) in [6, 6.07) is 10.6. The maximum Gasteiger partial charge on any atom is 0.236 e. The standard InChI is InChI=1S/C15H24N2O/c1-4-16-15(18)13(3)17-12(2)10-11-14-8-6-5-7-9-14/h5-9,12-13,17H,4,10-11H2,1-3H3,(H,16,18). The highest BCUT2D eigenvalue weighted by atomic mass is 16.2. The number of amides is 1. The predicted molar refractivity (Wildman–Crippen MR) is 75.5 cm³/mol. The molecule has 0 aliphatic heterocycles. The van der Waals surface area contributed by atoms with Gasteiger partial charge in [0.2, 0.25) is 5.91 Å². The predicted octanol–water partition coefficient (Wildman–Crippen LogP) is 2.12. The number of aryl methyl sites for hydroxylation is 1. The van der Waals surface area contributed by atoms with Crippen molar-refractivity contribution >= 4 is 5.91 Å². The van der Waals surface area contributed by atoms with E-state index in [4.69, 9.17) is 0 Å². The van der Waals surface area contributed by atoms with Crippen molar-refractivity contribution in [2.75, 3.05) is 6.54 Å². The Morgan fingerprint density at radius 3 is 2.50 bits per heavy atom. The van der Waals surface area contributed by atoms with Gasteiger partial charge in [-0.25, -0.2) is 0 Å². The average molecular weight is 248 g/mol. The Labute approximate surface area is 110 Å². The minimum atomic E-state index is -0.129. The zero-order valence-electron chi connectivity index (χ0n) is 11.6. The summed E-state index contributed by atoms with van der Waals surface area (Å²) in [5.41, 5.74) is 1.34. The molecular weight excluding hydrogens is 224 g/mol. The molecule has 0 radical (unpaired) electrons. The van der Waals surface area contributed by atoms with Crippen molar-refractivity contribution in [3.8, 4) is 0 Å². The van der Waals surface area contributed by atoms with Gasteiger partial charge >= 0.3 is 0 Å². The van der Waals surface area contributed by atoms with E-state index < -0.39 is 0 Å². The Balaban J connectivity index is 2.29. The molecule has 0 heterocycles. The van der Waals surface area contributed by atoms with Gasteiger partial charge in [-0.2, -0.15) is 0 Å². The molecule has 1 aromatic carbocycles. The summed E-state index contributed by atoms with van der Waals surface area (Å²) in [6.07, 6.45) is 2.07. The molecule has 0 aliphatic carbocycles. The first-order chi connectivity index (χ1) is 8.63. The Morgan fingerprint density at radius 2 is 1.89 bits per heavy atom. The van der Waals surface area contributed by atoms with E-state index in [1.54, 1.807) is 0 Å². The maximum absolute atomic E-state index is 11.6. The lowest BCUT2D eigenvalue weighted by molar-refractivity contribution is -0.122. The van der Waals surface area contributed by atoms with Crippen LogP contribution in [0.25, 0.3) is 0 Å². The lowest BCUT2D eigenvalue weighted by Gasteiger charge is -2.19. The molecule has 18 heavy (non-hydrogen) atoms. The largest absolute Gasteiger partial charge is 0.355 e. The lowest BCUT2D eigenvalue weighted by Crippen LogP contribution is -2.45. The van der Waals surface area contributed by atoms with Crippen LogP contribution in [-0.4, -0.2) is 24.5 Å². The second-order valence-corrected chi connectivity index (χ2v) is 4.71. The monoisotopic (exact) mass is 248 g/mol. The summed E-state index contributed by atoms with van der Waals surface area (Å²) in [7, 11) is 0. The zero-order chi connectivity index (χ0) is 13.4. The smallest absolute Gasteiger partial charge is 0.236 e. The van der Waals surface area contributed by atoms with Gasteiger partial charge in [0.15, 0.2) is 0 Å². The molecule has 0 saturated carbocycles. The number of hydrogen-bond donors (Lipinski definition) is 2. The fraction of sp³-hybridized carbons (Fsp3) is 0.533. The second kappa shape index (κ2) is 7.88. The molecule has 0 aliphatic rings. The van der Waals surface area contributed by atoms with E-state index >= 15 is 0 Å². The summed E-state index contributed by atoms with van der Waals surface area (Å²) in [5, 5.41) is 6.15. The second-order valence-electron chi connectivity index (χ2n) is 4.71. The molecule has 2 unspecified atom stereocenters. The molecule has 2 N–H and O–H groups in total. The average Bonchev–Trinajstić information content (AvgIpc) is 2.38. The van der Waals surface area contributed by atoms with Crippen LogP contribution in [0.5, 0.6) is 0 Å². The van der Waals surface area contributed by atoms with Crippen molar-refractivity contribution in [3.63, 3.8) is 0 Å². The lowest BCUT2D eigenvalue weighted by atomic mass is 10.1. The SMILES string of the molecule is CCNC(=O)C(C)NC(C)CCc1ccccc1. The first-order valence-corrected chi connectivity index (χ1v) is 6.71. The first-order valence-electron chi connectivity index (χ1n) is 6.71. The number of carbonyl (C=O) groups excluding carboxylic acids is 1. The van der Waals surface area contributed by atoms with Crippen LogP contribution in [0.2, 0.25) is 0 Å². The molecule has 0 fully saturated rings. The fourth-order valence-corrected chi connectivity index (χ4v) is 1.94. The third-order valence-electron chi connectivity index (χ3n) is 2.99. The molecular formula is C15H24N2O. The molecule has 0 aromatic heterocycles. The van der Waals surface area contributed by atoms with Gasteiger partial charge in [0.05, 0.1) is 6.04 Å². The quantitative estimate of drug-likeness (QED) is 0.776. The minimum absolute atomic E-state index is 0.0732. The number of nitrogens with one attached hydrogen (secondary N) is 2. The van der Waals surface area contributed by atoms with Gasteiger partial charge in [0.25, 0.3) is 0 Å². The summed E-state index contributed by atoms with van der Waals surface area (Å²) in [5.74, 6) is 0.0732. The molecule has 3 heteroatoms. The van der Waals surface area contributed by atoms with Crippen molar-refractivity contribution in [2.45, 2.75) is 45.7 Å². The molecule has 1 rings (SSSR count). The molecule has 0 bridgehead atoms. The number of rotatable bonds is 7. The Kier molecular flexibility index (Phi) is 6.44. The van der Waals surface area contributed by atoms with E-state index in [1.807, 2.05) is 19.9 Å². The number of carbonyl (C=O) groups is 1. The number of likely N-dealkylation sites (N-methyl/N-ethyl adjacent to an activating group) is 1. The molecule has 0 saturated heterocycles. The van der Waals surface area contributed by atoms with Gasteiger partial charge in [0, 0.05) is 12.6 Å².